The van der Waals surface area contributed by atoms with Gasteiger partial charge in [-0.15, -0.1) is 0 Å². The third-order valence-electron chi connectivity index (χ3n) is 3.81. The predicted octanol–water partition coefficient (Wildman–Crippen LogP) is 2.87. The number of para-hydroxylation sites is 1. The summed E-state index contributed by atoms with van der Waals surface area (Å²) >= 11 is 0. The van der Waals surface area contributed by atoms with Gasteiger partial charge in [0, 0.05) is 32.7 Å². The van der Waals surface area contributed by atoms with Gasteiger partial charge < -0.3 is 14.4 Å². The van der Waals surface area contributed by atoms with Crippen LogP contribution in [0, 0.1) is 5.92 Å². The number of benzene rings is 1. The molecule has 1 heterocycles. The molecule has 1 saturated heterocycles. The highest BCUT2D eigenvalue weighted by molar-refractivity contribution is 5.67. The van der Waals surface area contributed by atoms with Gasteiger partial charge in [0.25, 0.3) is 0 Å². The molecule has 1 fully saturated rings. The van der Waals surface area contributed by atoms with Gasteiger partial charge in [0.05, 0.1) is 6.61 Å². The van der Waals surface area contributed by atoms with Crippen LogP contribution in [0.15, 0.2) is 30.3 Å². The Hall–Kier alpha value is -1.75. The minimum atomic E-state index is -0.180. The minimum absolute atomic E-state index is 0.180. The first kappa shape index (κ1) is 17.6. The Morgan fingerprint density at radius 3 is 2.65 bits per heavy atom. The molecule has 0 aromatic heterocycles. The Morgan fingerprint density at radius 1 is 1.13 bits per heavy atom. The van der Waals surface area contributed by atoms with Crippen molar-refractivity contribution in [1.82, 2.24) is 9.80 Å². The first-order chi connectivity index (χ1) is 11.1. The molecule has 1 aliphatic rings. The molecular formula is C18H28N2O3. The maximum absolute atomic E-state index is 12.0. The zero-order valence-corrected chi connectivity index (χ0v) is 14.2. The second kappa shape index (κ2) is 9.40. The highest BCUT2D eigenvalue weighted by Gasteiger charge is 2.20. The largest absolute Gasteiger partial charge is 0.492 e. The fraction of sp³-hybridized carbons (Fsp3) is 0.611. The van der Waals surface area contributed by atoms with Gasteiger partial charge in [0.15, 0.2) is 0 Å². The van der Waals surface area contributed by atoms with E-state index in [4.69, 9.17) is 9.47 Å². The zero-order chi connectivity index (χ0) is 16.5. The normalized spacial score (nSPS) is 16.2. The van der Waals surface area contributed by atoms with E-state index in [0.717, 1.165) is 44.9 Å². The van der Waals surface area contributed by atoms with Crippen LogP contribution >= 0.6 is 0 Å². The summed E-state index contributed by atoms with van der Waals surface area (Å²) in [7, 11) is 0. The van der Waals surface area contributed by atoms with E-state index in [2.05, 4.69) is 4.90 Å². The van der Waals surface area contributed by atoms with Crippen LogP contribution in [0.1, 0.15) is 20.3 Å². The maximum Gasteiger partial charge on any atom is 0.409 e. The van der Waals surface area contributed by atoms with Crippen molar-refractivity contribution >= 4 is 6.09 Å². The number of carbonyl (C=O) groups excluding carboxylic acids is 1. The summed E-state index contributed by atoms with van der Waals surface area (Å²) in [6.07, 6.45) is 0.795. The van der Waals surface area contributed by atoms with Crippen LogP contribution in [0.3, 0.4) is 0 Å². The molecule has 1 aromatic carbocycles. The molecule has 1 aliphatic heterocycles. The molecule has 0 radical (unpaired) electrons. The highest BCUT2D eigenvalue weighted by atomic mass is 16.6. The van der Waals surface area contributed by atoms with Crippen molar-refractivity contribution in [1.29, 1.82) is 0 Å². The number of rotatable bonds is 6. The zero-order valence-electron chi connectivity index (χ0n) is 14.2. The van der Waals surface area contributed by atoms with Crippen LogP contribution in [-0.2, 0) is 4.74 Å². The Kier molecular flexibility index (Phi) is 7.20. The van der Waals surface area contributed by atoms with Gasteiger partial charge in [-0.3, -0.25) is 4.90 Å². The summed E-state index contributed by atoms with van der Waals surface area (Å²) in [4.78, 5) is 16.2. The number of amides is 1. The van der Waals surface area contributed by atoms with Gasteiger partial charge in [0.2, 0.25) is 0 Å². The lowest BCUT2D eigenvalue weighted by Crippen LogP contribution is -2.37. The first-order valence-corrected chi connectivity index (χ1v) is 8.47. The van der Waals surface area contributed by atoms with Crippen molar-refractivity contribution < 1.29 is 14.3 Å². The van der Waals surface area contributed by atoms with Gasteiger partial charge in [-0.25, -0.2) is 4.79 Å². The van der Waals surface area contributed by atoms with Gasteiger partial charge >= 0.3 is 6.09 Å². The van der Waals surface area contributed by atoms with Crippen molar-refractivity contribution in [3.8, 4) is 5.75 Å². The molecule has 0 saturated carbocycles. The standard InChI is InChI=1S/C18H28N2O3/c1-16(2)15-23-18(21)20-10-6-9-19(11-12-20)13-14-22-17-7-4-3-5-8-17/h3-5,7-8,16H,6,9-15H2,1-2H3. The molecule has 128 valence electrons. The van der Waals surface area contributed by atoms with Crippen LogP contribution in [0.25, 0.3) is 0 Å². The van der Waals surface area contributed by atoms with Crippen LogP contribution in [0.2, 0.25) is 0 Å². The van der Waals surface area contributed by atoms with E-state index in [1.54, 1.807) is 0 Å². The fourth-order valence-corrected chi connectivity index (χ4v) is 2.52. The monoisotopic (exact) mass is 320 g/mol. The van der Waals surface area contributed by atoms with Gasteiger partial charge in [-0.05, 0) is 24.5 Å². The summed E-state index contributed by atoms with van der Waals surface area (Å²) in [5.74, 6) is 1.28. The number of carbonyl (C=O) groups is 1. The maximum atomic E-state index is 12.0. The molecule has 0 bridgehead atoms. The molecule has 5 heteroatoms. The first-order valence-electron chi connectivity index (χ1n) is 8.47. The number of hydrogen-bond acceptors (Lipinski definition) is 4. The smallest absolute Gasteiger partial charge is 0.409 e. The summed E-state index contributed by atoms with van der Waals surface area (Å²) in [5.41, 5.74) is 0. The molecule has 1 amide bonds. The van der Waals surface area contributed by atoms with Crippen LogP contribution in [0.5, 0.6) is 5.75 Å². The molecule has 0 spiro atoms. The number of ether oxygens (including phenoxy) is 2. The summed E-state index contributed by atoms with van der Waals surface area (Å²) in [6.45, 7) is 9.49. The highest BCUT2D eigenvalue weighted by Crippen LogP contribution is 2.09. The summed E-state index contributed by atoms with van der Waals surface area (Å²) < 4.78 is 11.1. The molecule has 0 atom stereocenters. The van der Waals surface area contributed by atoms with Gasteiger partial charge in [-0.1, -0.05) is 32.0 Å². The second-order valence-corrected chi connectivity index (χ2v) is 6.31. The van der Waals surface area contributed by atoms with Crippen molar-refractivity contribution in [2.45, 2.75) is 20.3 Å². The minimum Gasteiger partial charge on any atom is -0.492 e. The Bertz CT molecular complexity index is 465. The lowest BCUT2D eigenvalue weighted by Gasteiger charge is -2.22. The molecule has 5 nitrogen and oxygen atoms in total. The lowest BCUT2D eigenvalue weighted by molar-refractivity contribution is 0.0929. The van der Waals surface area contributed by atoms with E-state index in [9.17, 15) is 4.79 Å². The third kappa shape index (κ3) is 6.48. The molecular weight excluding hydrogens is 292 g/mol. The van der Waals surface area contributed by atoms with E-state index in [-0.39, 0.29) is 6.09 Å². The molecule has 1 aromatic rings. The van der Waals surface area contributed by atoms with E-state index < -0.39 is 0 Å². The third-order valence-corrected chi connectivity index (χ3v) is 3.81. The van der Waals surface area contributed by atoms with Crippen molar-refractivity contribution in [2.75, 3.05) is 45.9 Å². The summed E-state index contributed by atoms with van der Waals surface area (Å²) in [5, 5.41) is 0. The topological polar surface area (TPSA) is 42.0 Å². The molecule has 0 aliphatic carbocycles. The Balaban J connectivity index is 1.68. The molecule has 0 N–H and O–H groups in total. The van der Waals surface area contributed by atoms with Crippen LogP contribution in [0.4, 0.5) is 4.79 Å². The van der Waals surface area contributed by atoms with Crippen molar-refractivity contribution in [2.24, 2.45) is 5.92 Å². The molecule has 23 heavy (non-hydrogen) atoms. The van der Waals surface area contributed by atoms with Gasteiger partial charge in [0.1, 0.15) is 12.4 Å². The predicted molar refractivity (Wildman–Crippen MR) is 90.8 cm³/mol. The van der Waals surface area contributed by atoms with Crippen LogP contribution < -0.4 is 4.74 Å². The van der Waals surface area contributed by atoms with E-state index >= 15 is 0 Å². The quantitative estimate of drug-likeness (QED) is 0.808. The second-order valence-electron chi connectivity index (χ2n) is 6.31. The Labute approximate surface area is 139 Å². The molecule has 2 rings (SSSR count). The average molecular weight is 320 g/mol. The van der Waals surface area contributed by atoms with E-state index in [1.165, 1.54) is 0 Å². The Morgan fingerprint density at radius 2 is 1.91 bits per heavy atom. The lowest BCUT2D eigenvalue weighted by atomic mass is 10.2. The van der Waals surface area contributed by atoms with E-state index in [0.29, 0.717) is 19.1 Å². The van der Waals surface area contributed by atoms with Gasteiger partial charge in [-0.2, -0.15) is 0 Å². The average Bonchev–Trinajstić information content (AvgIpc) is 2.79. The summed E-state index contributed by atoms with van der Waals surface area (Å²) in [6, 6.07) is 9.86. The fourth-order valence-electron chi connectivity index (χ4n) is 2.52. The van der Waals surface area contributed by atoms with Crippen molar-refractivity contribution in [3.05, 3.63) is 30.3 Å². The van der Waals surface area contributed by atoms with Crippen molar-refractivity contribution in [3.63, 3.8) is 0 Å². The number of nitrogens with zero attached hydrogens (tertiary/aromatic N) is 2. The van der Waals surface area contributed by atoms with Crippen LogP contribution in [-0.4, -0.2) is 61.8 Å². The SMILES string of the molecule is CC(C)COC(=O)N1CCCN(CCOc2ccccc2)CC1. The molecule has 0 unspecified atom stereocenters. The van der Waals surface area contributed by atoms with E-state index in [1.807, 2.05) is 49.1 Å². The number of hydrogen-bond donors (Lipinski definition) is 0.